The Kier molecular flexibility index (Phi) is 107. The third-order valence-electron chi connectivity index (χ3n) is 25.7. The van der Waals surface area contributed by atoms with Gasteiger partial charge in [0.05, 0.1) is 112 Å². The topological polar surface area (TPSA) is 465 Å². The van der Waals surface area contributed by atoms with E-state index in [1.807, 2.05) is 284 Å². The molecule has 900 valence electrons. The third-order valence-corrected chi connectivity index (χ3v) is 25.7. The number of rotatable bonds is 66. The van der Waals surface area contributed by atoms with Gasteiger partial charge in [0.15, 0.2) is 0 Å². The summed E-state index contributed by atoms with van der Waals surface area (Å²) in [6.07, 6.45) is 17.7. The Labute approximate surface area is 916 Å². The smallest absolute Gasteiger partial charge is 0.308 e. The summed E-state index contributed by atoms with van der Waals surface area (Å²) in [6, 6.07) is 0. The maximum absolute atomic E-state index is 11.5. The molecule has 0 bridgehead atoms. The fourth-order valence-corrected chi connectivity index (χ4v) is 14.0. The predicted molar refractivity (Wildman–Crippen MR) is 605 cm³/mol. The lowest BCUT2D eigenvalue weighted by atomic mass is 9.85. The Morgan fingerprint density at radius 2 is 0.507 bits per heavy atom. The SMILES string of the molecule is CCC(CO)C(OC(=O)C(C)C)C(C)C.CCC(COC(=O)C(C)C)C(O)C(C)C.CCCC(=O)OC(C(C)C)C(CC)CO.CCCC(=O)OC(CCC)C(C)(C)CO.CCCC(=O)OCC(C)(C)C(O)CCC.CCCC(=O)OCC(CC)C(O)C(C)C.CCCC(O)C(C)(C)COC(=O)C(C)C.CCCC(O)C(CC)COC(=O)C(C)C.CCCC(OC(=O)C(C)C)C(C)(C)CO.CCCC(OC(=O)C(C)C)C(CC)CO. The molecule has 0 aliphatic carbocycles. The summed E-state index contributed by atoms with van der Waals surface area (Å²) in [6.45, 7) is 87.0. The summed E-state index contributed by atoms with van der Waals surface area (Å²) in [5, 5.41) is 95.2. The molecule has 16 unspecified atom stereocenters. The molecule has 0 saturated carbocycles. The zero-order valence-electron chi connectivity index (χ0n) is 104. The van der Waals surface area contributed by atoms with Gasteiger partial charge in [-0.1, -0.05) is 343 Å². The van der Waals surface area contributed by atoms with Gasteiger partial charge in [-0.05, 0) is 126 Å². The van der Waals surface area contributed by atoms with Crippen molar-refractivity contribution in [3.63, 3.8) is 0 Å². The number of esters is 10. The molecule has 150 heavy (non-hydrogen) atoms. The van der Waals surface area contributed by atoms with Crippen LogP contribution in [0.1, 0.15) is 472 Å². The first kappa shape index (κ1) is 164. The highest BCUT2D eigenvalue weighted by Gasteiger charge is 2.37. The zero-order valence-corrected chi connectivity index (χ0v) is 104. The quantitative estimate of drug-likeness (QED) is 0.0200. The Morgan fingerprint density at radius 3 is 0.793 bits per heavy atom. The molecule has 16 atom stereocenters. The van der Waals surface area contributed by atoms with Gasteiger partial charge < -0.3 is 98.4 Å². The van der Waals surface area contributed by atoms with Crippen molar-refractivity contribution >= 4 is 59.7 Å². The second-order valence-electron chi connectivity index (χ2n) is 46.0. The minimum absolute atomic E-state index is 0.0308. The molecule has 0 fully saturated rings. The van der Waals surface area contributed by atoms with E-state index in [0.717, 1.165) is 141 Å². The molecule has 30 heteroatoms. The normalized spacial score (nSPS) is 14.7. The van der Waals surface area contributed by atoms with Crippen molar-refractivity contribution in [3.05, 3.63) is 0 Å². The van der Waals surface area contributed by atoms with Crippen LogP contribution >= 0.6 is 0 Å². The first-order valence-corrected chi connectivity index (χ1v) is 57.8. The van der Waals surface area contributed by atoms with Crippen molar-refractivity contribution < 1.29 is 146 Å². The lowest BCUT2D eigenvalue weighted by Gasteiger charge is -2.32. The average molecular weight is 2160 g/mol. The Morgan fingerprint density at radius 1 is 0.240 bits per heavy atom. The largest absolute Gasteiger partial charge is 0.465 e. The van der Waals surface area contributed by atoms with Crippen LogP contribution in [0.15, 0.2) is 0 Å². The second-order valence-corrected chi connectivity index (χ2v) is 46.0. The van der Waals surface area contributed by atoms with Gasteiger partial charge in [0.1, 0.15) is 30.5 Å². The van der Waals surface area contributed by atoms with Crippen LogP contribution in [-0.4, -0.2) is 238 Å². The van der Waals surface area contributed by atoms with Crippen molar-refractivity contribution in [1.82, 2.24) is 0 Å². The van der Waals surface area contributed by atoms with Crippen LogP contribution in [0, 0.1) is 116 Å². The first-order valence-electron chi connectivity index (χ1n) is 57.8. The van der Waals surface area contributed by atoms with E-state index in [0.29, 0.717) is 52.1 Å². The van der Waals surface area contributed by atoms with E-state index in [9.17, 15) is 99.0 Å². The van der Waals surface area contributed by atoms with Crippen molar-refractivity contribution in [3.8, 4) is 0 Å². The molecule has 0 aliphatic heterocycles. The standard InChI is InChI=1S/10C12H24O3/c1-6-10(11(13)8(2)3)7-15-12(14)9(4)5;1-6-10(7-13)11(8(2)3)15-12(14)9(4)5;1-6-7-10(13)12(4,5)8-15-11(14)9(2)3;1-6-7-10(12(4,5)8-13)15-11(14)9(2)3;1-5-7-11(13)15-8-10(6-2)12(14)9(3)4;1-5-7-11(14)15-12(9(3)4)10(6-2)8-13;1-5-7-11(13)10(6-2)8-15-12(14)9(3)4;1-5-7-11(10(6-2)8-13)15-12(14)9(3)4;1-5-7-10(13)12(3,4)9-15-11(14)8-6-2;1-5-7-10(12(3,4)9-13)15-11(14)8-6-2/h2*8-11,13H,6-7H2,1-5H3;2*9-10,13H,6-8H2,1-5H3;9-10,12,14H,5-8H2,1-4H3;9-10,12-13H,5-8H2,1-4H3;2*9-11,13H,5-8H2,1-4H3;2*10,13H,5-9H2,1-4H3. The number of carbonyl (C=O) groups is 10. The van der Waals surface area contributed by atoms with E-state index in [1.54, 1.807) is 13.8 Å². The second kappa shape index (κ2) is 97.7. The number of aliphatic hydroxyl groups excluding tert-OH is 10. The van der Waals surface area contributed by atoms with Gasteiger partial charge >= 0.3 is 59.7 Å². The molecule has 0 rings (SSSR count). The van der Waals surface area contributed by atoms with Crippen LogP contribution in [-0.2, 0) is 95.3 Å². The molecular formula is C120H240O30. The van der Waals surface area contributed by atoms with E-state index in [1.165, 1.54) is 0 Å². The number of carbonyl (C=O) groups excluding carboxylic acids is 10. The van der Waals surface area contributed by atoms with Crippen LogP contribution in [0.2, 0.25) is 0 Å². The molecule has 10 N–H and O–H groups in total. The van der Waals surface area contributed by atoms with Crippen LogP contribution in [0.5, 0.6) is 0 Å². The van der Waals surface area contributed by atoms with E-state index in [-0.39, 0.29) is 258 Å². The number of aliphatic hydroxyl groups is 10. The molecule has 0 aromatic carbocycles. The maximum Gasteiger partial charge on any atom is 0.308 e. The van der Waals surface area contributed by atoms with Gasteiger partial charge in [-0.15, -0.1) is 0 Å². The van der Waals surface area contributed by atoms with Gasteiger partial charge in [0.25, 0.3) is 0 Å². The average Bonchev–Trinajstić information content (AvgIpc) is 0.814. The van der Waals surface area contributed by atoms with Gasteiger partial charge in [0.2, 0.25) is 0 Å². The third kappa shape index (κ3) is 84.6. The van der Waals surface area contributed by atoms with E-state index < -0.39 is 18.3 Å². The summed E-state index contributed by atoms with van der Waals surface area (Å²) in [5.41, 5.74) is -1.42. The molecule has 0 spiro atoms. The van der Waals surface area contributed by atoms with E-state index >= 15 is 0 Å². The fraction of sp³-hybridized carbons (Fsp3) is 0.917. The van der Waals surface area contributed by atoms with Gasteiger partial charge in [-0.2, -0.15) is 0 Å². The molecule has 0 aromatic heterocycles. The van der Waals surface area contributed by atoms with Crippen LogP contribution in [0.3, 0.4) is 0 Å². The lowest BCUT2D eigenvalue weighted by molar-refractivity contribution is -0.161. The van der Waals surface area contributed by atoms with Crippen molar-refractivity contribution in [2.75, 3.05) is 66.1 Å². The van der Waals surface area contributed by atoms with Crippen molar-refractivity contribution in [1.29, 1.82) is 0 Å². The molecule has 0 heterocycles. The Bertz CT molecular complexity index is 3170. The molecule has 0 amide bonds. The minimum Gasteiger partial charge on any atom is -0.465 e. The highest BCUT2D eigenvalue weighted by atomic mass is 16.6. The van der Waals surface area contributed by atoms with Crippen molar-refractivity contribution in [2.24, 2.45) is 116 Å². The first-order chi connectivity index (χ1) is 69.6. The van der Waals surface area contributed by atoms with E-state index in [2.05, 4.69) is 6.92 Å². The van der Waals surface area contributed by atoms with Gasteiger partial charge in [0, 0.05) is 103 Å². The lowest BCUT2D eigenvalue weighted by Crippen LogP contribution is -2.37. The monoisotopic (exact) mass is 2160 g/mol. The zero-order chi connectivity index (χ0) is 119. The number of hydrogen-bond donors (Lipinski definition) is 10. The molecular weight excluding hydrogens is 1920 g/mol. The molecule has 0 aliphatic rings. The highest BCUT2D eigenvalue weighted by molar-refractivity contribution is 5.74. The molecule has 30 nitrogen and oxygen atoms in total. The maximum atomic E-state index is 11.5. The van der Waals surface area contributed by atoms with Crippen LogP contribution in [0.4, 0.5) is 0 Å². The fourth-order valence-electron chi connectivity index (χ4n) is 14.0. The van der Waals surface area contributed by atoms with Crippen LogP contribution in [0.25, 0.3) is 0 Å². The highest BCUT2D eigenvalue weighted by Crippen LogP contribution is 2.32. The Hall–Kier alpha value is -5.70. The summed E-state index contributed by atoms with van der Waals surface area (Å²) >= 11 is 0. The van der Waals surface area contributed by atoms with Crippen molar-refractivity contribution in [2.45, 2.75) is 533 Å². The summed E-state index contributed by atoms with van der Waals surface area (Å²) in [7, 11) is 0. The predicted octanol–water partition coefficient (Wildman–Crippen LogP) is 23.7. The summed E-state index contributed by atoms with van der Waals surface area (Å²) < 4.78 is 52.6. The Balaban J connectivity index is -0.000000181. The van der Waals surface area contributed by atoms with Crippen LogP contribution < -0.4 is 0 Å². The molecule has 0 aromatic rings. The summed E-state index contributed by atoms with van der Waals surface area (Å²) in [5.74, 6) is -1.08. The minimum atomic E-state index is -0.414. The number of ether oxygens (including phenoxy) is 10. The number of hydrogen-bond acceptors (Lipinski definition) is 30. The van der Waals surface area contributed by atoms with Gasteiger partial charge in [-0.3, -0.25) is 47.9 Å². The molecule has 0 saturated heterocycles. The van der Waals surface area contributed by atoms with E-state index in [4.69, 9.17) is 47.4 Å². The molecule has 0 radical (unpaired) electrons. The van der Waals surface area contributed by atoms with Gasteiger partial charge in [-0.25, -0.2) is 0 Å². The summed E-state index contributed by atoms with van der Waals surface area (Å²) in [4.78, 5) is 113.